The molecule has 45 heavy (non-hydrogen) atoms. The predicted molar refractivity (Wildman–Crippen MR) is 173 cm³/mol. The van der Waals surface area contributed by atoms with Gasteiger partial charge in [0.05, 0.1) is 25.0 Å². The minimum absolute atomic E-state index is 0.0159. The van der Waals surface area contributed by atoms with Gasteiger partial charge in [0.15, 0.2) is 0 Å². The normalized spacial score (nSPS) is 17.2. The molecule has 3 N–H and O–H groups in total. The van der Waals surface area contributed by atoms with Gasteiger partial charge in [-0.3, -0.25) is 4.79 Å². The van der Waals surface area contributed by atoms with Crippen LogP contribution in [0.15, 0.2) is 66.9 Å². The van der Waals surface area contributed by atoms with E-state index in [-0.39, 0.29) is 23.4 Å². The molecule has 2 atom stereocenters. The highest BCUT2D eigenvalue weighted by Crippen LogP contribution is 2.42. The van der Waals surface area contributed by atoms with Crippen molar-refractivity contribution in [3.8, 4) is 22.7 Å². The number of aromatic carboxylic acids is 1. The number of hydrogen-bond acceptors (Lipinski definition) is 6. The van der Waals surface area contributed by atoms with Crippen molar-refractivity contribution in [3.05, 3.63) is 94.7 Å². The Morgan fingerprint density at radius 2 is 1.84 bits per heavy atom. The van der Waals surface area contributed by atoms with Crippen LogP contribution in [0.4, 0.5) is 5.69 Å². The number of carboxylic acid groups (broad SMARTS) is 1. The fraction of sp³-hybridized carbons (Fsp3) is 0.361. The number of rotatable bonds is 9. The Morgan fingerprint density at radius 3 is 2.56 bits per heavy atom. The zero-order valence-corrected chi connectivity index (χ0v) is 26.0. The van der Waals surface area contributed by atoms with Crippen molar-refractivity contribution < 1.29 is 24.5 Å². The number of ether oxygens (including phenoxy) is 1. The van der Waals surface area contributed by atoms with E-state index in [0.29, 0.717) is 19.0 Å². The second-order valence-corrected chi connectivity index (χ2v) is 12.0. The average Bonchev–Trinajstić information content (AvgIpc) is 3.69. The Bertz CT molecular complexity index is 1720. The molecule has 2 unspecified atom stereocenters. The van der Waals surface area contributed by atoms with Gasteiger partial charge >= 0.3 is 5.97 Å². The number of anilines is 1. The molecule has 0 spiro atoms. The van der Waals surface area contributed by atoms with E-state index in [2.05, 4.69) is 59.8 Å². The van der Waals surface area contributed by atoms with Gasteiger partial charge in [0, 0.05) is 18.8 Å². The molecule has 1 aliphatic heterocycles. The van der Waals surface area contributed by atoms with Crippen molar-refractivity contribution in [1.82, 2.24) is 14.7 Å². The molecule has 234 valence electrons. The Hall–Kier alpha value is -4.63. The number of aromatic nitrogens is 2. The molecule has 2 aliphatic rings. The van der Waals surface area contributed by atoms with Crippen molar-refractivity contribution in [2.24, 2.45) is 0 Å². The van der Waals surface area contributed by atoms with Crippen LogP contribution in [0.3, 0.4) is 0 Å². The summed E-state index contributed by atoms with van der Waals surface area (Å²) in [7, 11) is 1.45. The molecule has 0 radical (unpaired) electrons. The fourth-order valence-corrected chi connectivity index (χ4v) is 7.03. The summed E-state index contributed by atoms with van der Waals surface area (Å²) in [5.41, 5.74) is 9.29. The number of nitrogens with one attached hydrogen (secondary N) is 1. The summed E-state index contributed by atoms with van der Waals surface area (Å²) >= 11 is 0. The third-order valence-corrected chi connectivity index (χ3v) is 9.27. The summed E-state index contributed by atoms with van der Waals surface area (Å²) in [5, 5.41) is 27.4. The zero-order chi connectivity index (χ0) is 31.7. The monoisotopic (exact) mass is 608 g/mol. The van der Waals surface area contributed by atoms with Crippen LogP contribution < -0.4 is 10.1 Å². The van der Waals surface area contributed by atoms with Crippen LogP contribution in [0.5, 0.6) is 5.88 Å². The van der Waals surface area contributed by atoms with Crippen molar-refractivity contribution in [3.63, 3.8) is 0 Å². The van der Waals surface area contributed by atoms with E-state index in [1.54, 1.807) is 4.90 Å². The topological polar surface area (TPSA) is 117 Å². The number of fused-ring (bicyclic) bond motifs is 1. The van der Waals surface area contributed by atoms with Crippen molar-refractivity contribution >= 4 is 17.6 Å². The average molecular weight is 609 g/mol. The first-order valence-electron chi connectivity index (χ1n) is 15.7. The Morgan fingerprint density at radius 1 is 1.07 bits per heavy atom. The molecule has 1 saturated heterocycles. The van der Waals surface area contributed by atoms with Gasteiger partial charge < -0.3 is 25.2 Å². The fourth-order valence-electron chi connectivity index (χ4n) is 7.03. The highest BCUT2D eigenvalue weighted by Gasteiger charge is 2.29. The number of methoxy groups -OCH3 is 1. The van der Waals surface area contributed by atoms with Crippen LogP contribution in [0, 0.1) is 0 Å². The largest absolute Gasteiger partial charge is 0.480 e. The number of likely N-dealkylation sites (tertiary alicyclic amines) is 1. The molecular formula is C36H40N4O5. The van der Waals surface area contributed by atoms with E-state index in [9.17, 15) is 19.8 Å². The van der Waals surface area contributed by atoms with Gasteiger partial charge in [-0.25, -0.2) is 9.48 Å². The van der Waals surface area contributed by atoms with Gasteiger partial charge in [-0.05, 0) is 103 Å². The lowest BCUT2D eigenvalue weighted by atomic mass is 9.85. The molecule has 0 saturated carbocycles. The first-order chi connectivity index (χ1) is 21.8. The maximum atomic E-state index is 12.2. The van der Waals surface area contributed by atoms with Crippen molar-refractivity contribution in [2.45, 2.75) is 64.0 Å². The Balaban J connectivity index is 1.24. The first-order valence-corrected chi connectivity index (χ1v) is 15.7. The SMILES string of the molecule is CCc1cc(NC2CCc3cccc(-c4cccc(-n5ncc(C(=O)O)c5OC)c4)c32)ccc1C1CCN(C(=O)C(C)O)CC1. The summed E-state index contributed by atoms with van der Waals surface area (Å²) < 4.78 is 6.93. The van der Waals surface area contributed by atoms with Crippen molar-refractivity contribution in [2.75, 3.05) is 25.5 Å². The number of hydrogen-bond donors (Lipinski definition) is 3. The van der Waals surface area contributed by atoms with Crippen LogP contribution >= 0.6 is 0 Å². The van der Waals surface area contributed by atoms with E-state index in [1.165, 1.54) is 47.2 Å². The van der Waals surface area contributed by atoms with Gasteiger partial charge in [0.25, 0.3) is 5.91 Å². The van der Waals surface area contributed by atoms with E-state index in [0.717, 1.165) is 54.6 Å². The van der Waals surface area contributed by atoms with E-state index in [4.69, 9.17) is 4.74 Å². The molecule has 2 heterocycles. The van der Waals surface area contributed by atoms with Gasteiger partial charge in [0.2, 0.25) is 5.88 Å². The third-order valence-electron chi connectivity index (χ3n) is 9.27. The third kappa shape index (κ3) is 5.92. The second-order valence-electron chi connectivity index (χ2n) is 12.0. The smallest absolute Gasteiger partial charge is 0.342 e. The Labute approximate surface area is 263 Å². The lowest BCUT2D eigenvalue weighted by molar-refractivity contribution is -0.140. The lowest BCUT2D eigenvalue weighted by Gasteiger charge is -2.34. The van der Waals surface area contributed by atoms with Gasteiger partial charge in [-0.15, -0.1) is 0 Å². The molecule has 1 fully saturated rings. The number of piperidine rings is 1. The van der Waals surface area contributed by atoms with Crippen LogP contribution in [0.2, 0.25) is 0 Å². The number of carbonyl (C=O) groups is 2. The molecule has 9 heteroatoms. The minimum Gasteiger partial charge on any atom is -0.480 e. The maximum absolute atomic E-state index is 12.2. The first kappa shape index (κ1) is 30.4. The van der Waals surface area contributed by atoms with E-state index < -0.39 is 12.1 Å². The predicted octanol–water partition coefficient (Wildman–Crippen LogP) is 5.99. The van der Waals surface area contributed by atoms with Crippen LogP contribution in [-0.2, 0) is 17.6 Å². The van der Waals surface area contributed by atoms with Gasteiger partial charge in [-0.2, -0.15) is 5.10 Å². The van der Waals surface area contributed by atoms with Crippen LogP contribution in [-0.4, -0.2) is 63.1 Å². The van der Waals surface area contributed by atoms with Gasteiger partial charge in [-0.1, -0.05) is 43.3 Å². The summed E-state index contributed by atoms with van der Waals surface area (Å²) in [6, 6.07) is 21.3. The molecule has 1 amide bonds. The molecule has 9 nitrogen and oxygen atoms in total. The molecule has 0 bridgehead atoms. The quantitative estimate of drug-likeness (QED) is 0.214. The Kier molecular flexibility index (Phi) is 8.63. The number of aryl methyl sites for hydroxylation is 2. The second kappa shape index (κ2) is 12.8. The molecule has 1 aliphatic carbocycles. The number of benzene rings is 3. The standard InChI is InChI=1S/C36H40N4O5/c1-4-23-19-27(12-13-29(23)24-15-17-39(18-16-24)34(42)22(2)41)38-32-14-11-25-7-6-10-30(33(25)32)26-8-5-9-28(20-26)40-35(45-3)31(21-37-40)36(43)44/h5-10,12-13,19-22,24,32,38,41H,4,11,14-18H2,1-3H3,(H,43,44). The molecule has 4 aromatic rings. The molecule has 3 aromatic carbocycles. The van der Waals surface area contributed by atoms with E-state index in [1.807, 2.05) is 18.2 Å². The highest BCUT2D eigenvalue weighted by atomic mass is 16.5. The van der Waals surface area contributed by atoms with E-state index >= 15 is 0 Å². The maximum Gasteiger partial charge on any atom is 0.342 e. The number of carboxylic acids is 1. The zero-order valence-electron chi connectivity index (χ0n) is 26.0. The van der Waals surface area contributed by atoms with Gasteiger partial charge in [0.1, 0.15) is 11.7 Å². The highest BCUT2D eigenvalue weighted by molar-refractivity contribution is 5.90. The minimum atomic E-state index is -1.09. The molecular weight excluding hydrogens is 568 g/mol. The number of carbonyl (C=O) groups excluding carboxylic acids is 1. The summed E-state index contributed by atoms with van der Waals surface area (Å²) in [4.78, 5) is 25.7. The summed E-state index contributed by atoms with van der Waals surface area (Å²) in [6.45, 7) is 5.08. The summed E-state index contributed by atoms with van der Waals surface area (Å²) in [6.07, 6.45) is 5.06. The molecule has 1 aromatic heterocycles. The van der Waals surface area contributed by atoms with Crippen LogP contribution in [0.25, 0.3) is 16.8 Å². The summed E-state index contributed by atoms with van der Waals surface area (Å²) in [5.74, 6) is -0.678. The lowest BCUT2D eigenvalue weighted by Crippen LogP contribution is -2.42. The number of amides is 1. The number of aliphatic hydroxyl groups excluding tert-OH is 1. The molecule has 6 rings (SSSR count). The van der Waals surface area contributed by atoms with Crippen molar-refractivity contribution in [1.29, 1.82) is 0 Å². The number of aliphatic hydroxyl groups is 1. The van der Waals surface area contributed by atoms with Crippen LogP contribution in [0.1, 0.15) is 77.7 Å². The number of nitrogens with zero attached hydrogens (tertiary/aromatic N) is 3.